The second-order valence-corrected chi connectivity index (χ2v) is 8.69. The van der Waals surface area contributed by atoms with E-state index in [1.165, 1.54) is 6.42 Å². The number of aliphatic carboxylic acids is 2. The van der Waals surface area contributed by atoms with E-state index in [0.717, 1.165) is 43.0 Å². The quantitative estimate of drug-likeness (QED) is 0.481. The minimum absolute atomic E-state index is 0.212. The molecule has 2 fully saturated rings. The largest absolute Gasteiger partial charge is 0.490 e. The average molecular weight is 570 g/mol. The van der Waals surface area contributed by atoms with E-state index in [1.807, 2.05) is 31.3 Å². The number of carboxylic acids is 2. The Labute approximate surface area is 219 Å². The first-order valence-corrected chi connectivity index (χ1v) is 11.7. The van der Waals surface area contributed by atoms with E-state index in [0.29, 0.717) is 25.4 Å². The van der Waals surface area contributed by atoms with Crippen molar-refractivity contribution in [1.82, 2.24) is 9.88 Å². The molecule has 39 heavy (non-hydrogen) atoms. The molecule has 2 saturated heterocycles. The van der Waals surface area contributed by atoms with Gasteiger partial charge in [-0.15, -0.1) is 0 Å². The molecule has 0 radical (unpaired) electrons. The highest BCUT2D eigenvalue weighted by molar-refractivity contribution is 5.73. The molecule has 4 rings (SSSR count). The Bertz CT molecular complexity index is 1020. The highest BCUT2D eigenvalue weighted by atomic mass is 19.4. The van der Waals surface area contributed by atoms with Gasteiger partial charge in [0.1, 0.15) is 11.5 Å². The van der Waals surface area contributed by atoms with Crippen LogP contribution in [0.2, 0.25) is 0 Å². The first kappa shape index (κ1) is 32.0. The number of carbonyl (C=O) groups is 2. The summed E-state index contributed by atoms with van der Waals surface area (Å²) in [7, 11) is 0. The fourth-order valence-corrected chi connectivity index (χ4v) is 3.97. The van der Waals surface area contributed by atoms with Gasteiger partial charge in [-0.3, -0.25) is 9.88 Å². The highest BCUT2D eigenvalue weighted by Gasteiger charge is 2.40. The normalized spacial score (nSPS) is 21.2. The zero-order valence-corrected chi connectivity index (χ0v) is 20.7. The monoisotopic (exact) mass is 570 g/mol. The van der Waals surface area contributed by atoms with Crippen LogP contribution in [0.5, 0.6) is 0 Å². The molecular formula is C24H28F6N2O7. The number of rotatable bonds is 6. The van der Waals surface area contributed by atoms with Crippen molar-refractivity contribution in [1.29, 1.82) is 0 Å². The molecule has 0 aromatic carbocycles. The standard InChI is InChI=1S/C20H26N2O3.2C2HF3O2/c1-15-4-5-17(24-15)12-22-10-8-20-19(22)7-6-18(25-20)14-23-13-16-3-2-9-21-11-16;2*3-2(4,5)1(6)7/h2-5,9,11,18-20H,6-8,10,12-14H2,1H3;2*(H,6,7)/t18-,19-,20-;;/m1../s1. The second-order valence-electron chi connectivity index (χ2n) is 8.69. The number of halogens is 6. The van der Waals surface area contributed by atoms with Crippen molar-refractivity contribution in [2.45, 2.75) is 69.9 Å². The van der Waals surface area contributed by atoms with Crippen LogP contribution in [0.1, 0.15) is 36.3 Å². The molecule has 2 aromatic rings. The molecule has 9 nitrogen and oxygen atoms in total. The van der Waals surface area contributed by atoms with Crippen molar-refractivity contribution in [2.75, 3.05) is 13.2 Å². The Morgan fingerprint density at radius 2 is 1.69 bits per heavy atom. The molecule has 218 valence electrons. The van der Waals surface area contributed by atoms with Gasteiger partial charge in [0.05, 0.1) is 32.0 Å². The van der Waals surface area contributed by atoms with Crippen molar-refractivity contribution < 1.29 is 60.0 Å². The van der Waals surface area contributed by atoms with E-state index < -0.39 is 24.3 Å². The minimum atomic E-state index is -5.08. The topological polar surface area (TPSA) is 122 Å². The van der Waals surface area contributed by atoms with Crippen molar-refractivity contribution in [3.63, 3.8) is 0 Å². The summed E-state index contributed by atoms with van der Waals surface area (Å²) in [5, 5.41) is 14.2. The predicted octanol–water partition coefficient (Wildman–Crippen LogP) is 4.59. The Kier molecular flexibility index (Phi) is 11.7. The van der Waals surface area contributed by atoms with Crippen LogP contribution in [0.25, 0.3) is 0 Å². The fourth-order valence-electron chi connectivity index (χ4n) is 3.97. The summed E-state index contributed by atoms with van der Waals surface area (Å²) in [5.74, 6) is -3.48. The van der Waals surface area contributed by atoms with Crippen LogP contribution in [-0.4, -0.2) is 75.8 Å². The highest BCUT2D eigenvalue weighted by Crippen LogP contribution is 2.32. The lowest BCUT2D eigenvalue weighted by atomic mass is 9.99. The molecule has 0 aliphatic carbocycles. The lowest BCUT2D eigenvalue weighted by molar-refractivity contribution is -0.193. The summed E-state index contributed by atoms with van der Waals surface area (Å²) < 4.78 is 81.4. The number of aryl methyl sites for hydroxylation is 1. The third-order valence-electron chi connectivity index (χ3n) is 5.69. The van der Waals surface area contributed by atoms with Gasteiger partial charge < -0.3 is 24.1 Å². The number of furan rings is 1. The first-order chi connectivity index (χ1) is 18.2. The SMILES string of the molecule is Cc1ccc(CN2CC[C@H]3O[C@@H](COCc4cccnc4)CC[C@H]32)o1.O=C(O)C(F)(F)F.O=C(O)C(F)(F)F. The Hall–Kier alpha value is -3.17. The van der Waals surface area contributed by atoms with Crippen LogP contribution >= 0.6 is 0 Å². The zero-order valence-electron chi connectivity index (χ0n) is 20.7. The van der Waals surface area contributed by atoms with Gasteiger partial charge in [0.2, 0.25) is 0 Å². The summed E-state index contributed by atoms with van der Waals surface area (Å²) in [6, 6.07) is 8.61. The van der Waals surface area contributed by atoms with Gasteiger partial charge in [-0.05, 0) is 49.9 Å². The maximum absolute atomic E-state index is 10.6. The third-order valence-corrected chi connectivity index (χ3v) is 5.69. The molecule has 0 unspecified atom stereocenters. The number of carboxylic acid groups (broad SMARTS) is 2. The van der Waals surface area contributed by atoms with Gasteiger partial charge >= 0.3 is 24.3 Å². The number of likely N-dealkylation sites (tertiary alicyclic amines) is 1. The number of alkyl halides is 6. The summed E-state index contributed by atoms with van der Waals surface area (Å²) in [6.07, 6.45) is -2.66. The number of fused-ring (bicyclic) bond motifs is 1. The average Bonchev–Trinajstić information content (AvgIpc) is 3.45. The van der Waals surface area contributed by atoms with E-state index in [1.54, 1.807) is 6.20 Å². The summed E-state index contributed by atoms with van der Waals surface area (Å²) in [4.78, 5) is 24.4. The molecular weight excluding hydrogens is 542 g/mol. The number of aromatic nitrogens is 1. The van der Waals surface area contributed by atoms with Crippen molar-refractivity contribution in [2.24, 2.45) is 0 Å². The fraction of sp³-hybridized carbons (Fsp3) is 0.542. The van der Waals surface area contributed by atoms with E-state index in [9.17, 15) is 26.3 Å². The lowest BCUT2D eigenvalue weighted by Gasteiger charge is -2.35. The maximum Gasteiger partial charge on any atom is 0.490 e. The van der Waals surface area contributed by atoms with Crippen LogP contribution in [0.4, 0.5) is 26.3 Å². The molecule has 2 aliphatic rings. The van der Waals surface area contributed by atoms with Crippen LogP contribution in [-0.2, 0) is 32.2 Å². The van der Waals surface area contributed by atoms with Crippen LogP contribution in [0.15, 0.2) is 41.1 Å². The second kappa shape index (κ2) is 14.3. The molecule has 0 spiro atoms. The first-order valence-electron chi connectivity index (χ1n) is 11.7. The molecule has 15 heteroatoms. The molecule has 0 bridgehead atoms. The molecule has 2 aliphatic heterocycles. The molecule has 4 heterocycles. The summed E-state index contributed by atoms with van der Waals surface area (Å²) in [5.41, 5.74) is 1.11. The number of ether oxygens (including phenoxy) is 2. The van der Waals surface area contributed by atoms with Crippen molar-refractivity contribution in [3.05, 3.63) is 53.7 Å². The van der Waals surface area contributed by atoms with E-state index in [-0.39, 0.29) is 6.10 Å². The van der Waals surface area contributed by atoms with Crippen molar-refractivity contribution in [3.8, 4) is 0 Å². The Morgan fingerprint density at radius 3 is 2.21 bits per heavy atom. The predicted molar refractivity (Wildman–Crippen MR) is 121 cm³/mol. The summed E-state index contributed by atoms with van der Waals surface area (Å²) in [6.45, 7) is 5.23. The van der Waals surface area contributed by atoms with Gasteiger partial charge in [-0.2, -0.15) is 26.3 Å². The molecule has 2 N–H and O–H groups in total. The Balaban J connectivity index is 0.000000317. The lowest BCUT2D eigenvalue weighted by Crippen LogP contribution is -2.43. The van der Waals surface area contributed by atoms with E-state index >= 15 is 0 Å². The van der Waals surface area contributed by atoms with Gasteiger partial charge in [0.15, 0.2) is 0 Å². The minimum Gasteiger partial charge on any atom is -0.475 e. The van der Waals surface area contributed by atoms with Crippen LogP contribution < -0.4 is 0 Å². The number of hydrogen-bond acceptors (Lipinski definition) is 7. The Morgan fingerprint density at radius 1 is 1.05 bits per heavy atom. The number of nitrogens with zero attached hydrogens (tertiary/aromatic N) is 2. The van der Waals surface area contributed by atoms with Gasteiger partial charge in [-0.25, -0.2) is 9.59 Å². The third kappa shape index (κ3) is 11.2. The molecule has 3 atom stereocenters. The van der Waals surface area contributed by atoms with Gasteiger partial charge in [-0.1, -0.05) is 6.07 Å². The smallest absolute Gasteiger partial charge is 0.475 e. The molecule has 0 saturated carbocycles. The van der Waals surface area contributed by atoms with Crippen LogP contribution in [0, 0.1) is 6.92 Å². The van der Waals surface area contributed by atoms with Gasteiger partial charge in [0, 0.05) is 25.0 Å². The number of pyridine rings is 1. The van der Waals surface area contributed by atoms with Crippen LogP contribution in [0.3, 0.4) is 0 Å². The molecule has 2 aromatic heterocycles. The molecule has 0 amide bonds. The number of hydrogen-bond donors (Lipinski definition) is 2. The summed E-state index contributed by atoms with van der Waals surface area (Å²) >= 11 is 0. The van der Waals surface area contributed by atoms with E-state index in [4.69, 9.17) is 33.7 Å². The van der Waals surface area contributed by atoms with Crippen molar-refractivity contribution >= 4 is 11.9 Å². The van der Waals surface area contributed by atoms with Gasteiger partial charge in [0.25, 0.3) is 0 Å². The zero-order chi connectivity index (χ0) is 29.2. The van der Waals surface area contributed by atoms with E-state index in [2.05, 4.69) is 16.0 Å². The maximum atomic E-state index is 10.6.